The summed E-state index contributed by atoms with van der Waals surface area (Å²) in [7, 11) is 0. The van der Waals surface area contributed by atoms with Crippen LogP contribution in [0.3, 0.4) is 0 Å². The number of aryl methyl sites for hydroxylation is 1. The van der Waals surface area contributed by atoms with Gasteiger partial charge in [0.1, 0.15) is 0 Å². The van der Waals surface area contributed by atoms with Gasteiger partial charge in [-0.25, -0.2) is 9.59 Å². The van der Waals surface area contributed by atoms with Gasteiger partial charge >= 0.3 is 11.3 Å². The molecule has 2 rings (SSSR count). The first-order valence-electron chi connectivity index (χ1n) is 3.92. The lowest BCUT2D eigenvalue weighted by molar-refractivity contribution is 0.448. The van der Waals surface area contributed by atoms with E-state index in [9.17, 15) is 9.59 Å². The van der Waals surface area contributed by atoms with Crippen LogP contribution in [0.2, 0.25) is 0 Å². The third-order valence-corrected chi connectivity index (χ3v) is 1.98. The molecule has 0 spiro atoms. The molecule has 0 atom stereocenters. The maximum Gasteiger partial charge on any atom is 0.423 e. The molecular formula is C9H7NO4. The van der Waals surface area contributed by atoms with Gasteiger partial charge in [-0.1, -0.05) is 0 Å². The van der Waals surface area contributed by atoms with Crippen molar-refractivity contribution in [2.45, 2.75) is 6.92 Å². The Balaban J connectivity index is 3.04. The normalized spacial score (nSPS) is 10.6. The average molecular weight is 193 g/mol. The second-order valence-corrected chi connectivity index (χ2v) is 2.89. The Hall–Kier alpha value is -2.04. The molecule has 0 radical (unpaired) electrons. The molecule has 0 saturated carbocycles. The van der Waals surface area contributed by atoms with E-state index in [1.54, 1.807) is 13.0 Å². The van der Waals surface area contributed by atoms with Crippen molar-refractivity contribution in [1.29, 1.82) is 0 Å². The number of rotatable bonds is 0. The van der Waals surface area contributed by atoms with Crippen molar-refractivity contribution < 1.29 is 8.83 Å². The molecule has 0 aliphatic rings. The molecular weight excluding hydrogens is 186 g/mol. The molecule has 2 N–H and O–H groups in total. The third-order valence-electron chi connectivity index (χ3n) is 1.98. The molecule has 1 heterocycles. The summed E-state index contributed by atoms with van der Waals surface area (Å²) >= 11 is 0. The van der Waals surface area contributed by atoms with Gasteiger partial charge in [0.25, 0.3) is 0 Å². The van der Waals surface area contributed by atoms with Gasteiger partial charge in [-0.15, -0.1) is 0 Å². The van der Waals surface area contributed by atoms with Crippen LogP contribution < -0.4 is 17.0 Å². The van der Waals surface area contributed by atoms with Crippen LogP contribution in [0, 0.1) is 6.92 Å². The molecule has 1 aromatic heterocycles. The first-order valence-corrected chi connectivity index (χ1v) is 3.92. The largest absolute Gasteiger partial charge is 0.423 e. The fourth-order valence-electron chi connectivity index (χ4n) is 1.17. The SMILES string of the molecule is Cc1c(N)ccc2oc(=O)c(=O)oc12. The van der Waals surface area contributed by atoms with Crippen molar-refractivity contribution in [1.82, 2.24) is 0 Å². The Bertz CT molecular complexity index is 608. The molecule has 2 aromatic rings. The van der Waals surface area contributed by atoms with Crippen molar-refractivity contribution in [2.75, 3.05) is 5.73 Å². The van der Waals surface area contributed by atoms with Crippen LogP contribution in [0.1, 0.15) is 5.56 Å². The zero-order valence-corrected chi connectivity index (χ0v) is 7.37. The number of hydrogen-bond donors (Lipinski definition) is 1. The topological polar surface area (TPSA) is 86.4 Å². The lowest BCUT2D eigenvalue weighted by Crippen LogP contribution is -2.21. The van der Waals surface area contributed by atoms with E-state index in [1.165, 1.54) is 6.07 Å². The highest BCUT2D eigenvalue weighted by atomic mass is 16.5. The summed E-state index contributed by atoms with van der Waals surface area (Å²) in [5.41, 5.74) is 5.07. The van der Waals surface area contributed by atoms with E-state index in [-0.39, 0.29) is 11.2 Å². The lowest BCUT2D eigenvalue weighted by Gasteiger charge is -2.00. The van der Waals surface area contributed by atoms with Crippen molar-refractivity contribution >= 4 is 16.9 Å². The lowest BCUT2D eigenvalue weighted by atomic mass is 10.2. The van der Waals surface area contributed by atoms with Crippen LogP contribution >= 0.6 is 0 Å². The van der Waals surface area contributed by atoms with Crippen molar-refractivity contribution in [3.05, 3.63) is 38.5 Å². The molecule has 14 heavy (non-hydrogen) atoms. The van der Waals surface area contributed by atoms with Crippen LogP contribution in [-0.2, 0) is 0 Å². The maximum absolute atomic E-state index is 10.9. The molecule has 0 aliphatic heterocycles. The van der Waals surface area contributed by atoms with Gasteiger partial charge in [0.15, 0.2) is 11.2 Å². The molecule has 0 bridgehead atoms. The summed E-state index contributed by atoms with van der Waals surface area (Å²) in [6.07, 6.45) is 0. The molecule has 0 unspecified atom stereocenters. The molecule has 0 aliphatic carbocycles. The van der Waals surface area contributed by atoms with Gasteiger partial charge in [-0.05, 0) is 19.1 Å². The maximum atomic E-state index is 10.9. The molecule has 0 fully saturated rings. The highest BCUT2D eigenvalue weighted by molar-refractivity contribution is 5.79. The first-order chi connectivity index (χ1) is 6.59. The minimum Gasteiger partial charge on any atom is -0.414 e. The Labute approximate surface area is 77.8 Å². The Morgan fingerprint density at radius 1 is 1.14 bits per heavy atom. The van der Waals surface area contributed by atoms with E-state index in [0.29, 0.717) is 11.3 Å². The summed E-state index contributed by atoms with van der Waals surface area (Å²) in [6, 6.07) is 3.07. The number of anilines is 1. The zero-order valence-electron chi connectivity index (χ0n) is 7.37. The molecule has 5 nitrogen and oxygen atoms in total. The van der Waals surface area contributed by atoms with E-state index in [0.717, 1.165) is 0 Å². The van der Waals surface area contributed by atoms with Gasteiger partial charge in [-0.2, -0.15) is 0 Å². The summed E-state index contributed by atoms with van der Waals surface area (Å²) in [4.78, 5) is 21.7. The average Bonchev–Trinajstić information content (AvgIpc) is 2.15. The summed E-state index contributed by atoms with van der Waals surface area (Å²) in [6.45, 7) is 1.68. The van der Waals surface area contributed by atoms with E-state index in [2.05, 4.69) is 0 Å². The molecule has 1 aromatic carbocycles. The number of fused-ring (bicyclic) bond motifs is 1. The van der Waals surface area contributed by atoms with Gasteiger partial charge in [-0.3, -0.25) is 0 Å². The predicted octanol–water partition coefficient (Wildman–Crippen LogP) is 0.637. The summed E-state index contributed by atoms with van der Waals surface area (Å²) < 4.78 is 9.47. The van der Waals surface area contributed by atoms with Crippen LogP contribution in [0.5, 0.6) is 0 Å². The molecule has 0 amide bonds. The number of benzene rings is 1. The van der Waals surface area contributed by atoms with Gasteiger partial charge in [0.05, 0.1) is 0 Å². The Kier molecular flexibility index (Phi) is 1.67. The quantitative estimate of drug-likeness (QED) is 0.490. The zero-order chi connectivity index (χ0) is 10.3. The van der Waals surface area contributed by atoms with Crippen LogP contribution in [-0.4, -0.2) is 0 Å². The van der Waals surface area contributed by atoms with E-state index in [4.69, 9.17) is 14.6 Å². The standard InChI is InChI=1S/C9H7NO4/c1-4-5(10)2-3-6-7(4)14-9(12)8(11)13-6/h2-3H,10H2,1H3. The number of nitrogens with two attached hydrogens (primary N) is 1. The summed E-state index contributed by atoms with van der Waals surface area (Å²) in [5, 5.41) is 0. The van der Waals surface area contributed by atoms with Gasteiger partial charge < -0.3 is 14.6 Å². The Morgan fingerprint density at radius 3 is 2.50 bits per heavy atom. The minimum absolute atomic E-state index is 0.217. The number of nitrogen functional groups attached to an aromatic ring is 1. The van der Waals surface area contributed by atoms with Crippen molar-refractivity contribution in [3.63, 3.8) is 0 Å². The second kappa shape index (κ2) is 2.73. The monoisotopic (exact) mass is 193 g/mol. The van der Waals surface area contributed by atoms with Crippen molar-refractivity contribution in [3.8, 4) is 0 Å². The Morgan fingerprint density at radius 2 is 1.79 bits per heavy atom. The molecule has 5 heteroatoms. The van der Waals surface area contributed by atoms with Crippen molar-refractivity contribution in [2.24, 2.45) is 0 Å². The van der Waals surface area contributed by atoms with Gasteiger partial charge in [0, 0.05) is 11.3 Å². The van der Waals surface area contributed by atoms with Crippen LogP contribution in [0.4, 0.5) is 5.69 Å². The van der Waals surface area contributed by atoms with E-state index >= 15 is 0 Å². The highest BCUT2D eigenvalue weighted by Crippen LogP contribution is 2.20. The van der Waals surface area contributed by atoms with Crippen LogP contribution in [0.15, 0.2) is 30.6 Å². The second-order valence-electron chi connectivity index (χ2n) is 2.89. The van der Waals surface area contributed by atoms with E-state index < -0.39 is 11.3 Å². The fourth-order valence-corrected chi connectivity index (χ4v) is 1.17. The highest BCUT2D eigenvalue weighted by Gasteiger charge is 2.08. The van der Waals surface area contributed by atoms with Crippen LogP contribution in [0.25, 0.3) is 11.2 Å². The van der Waals surface area contributed by atoms with Gasteiger partial charge in [0.2, 0.25) is 0 Å². The third kappa shape index (κ3) is 1.10. The first kappa shape index (κ1) is 8.55. The number of hydrogen-bond acceptors (Lipinski definition) is 5. The van der Waals surface area contributed by atoms with E-state index in [1.807, 2.05) is 0 Å². The minimum atomic E-state index is -1.02. The predicted molar refractivity (Wildman–Crippen MR) is 50.2 cm³/mol. The molecule has 0 saturated heterocycles. The summed E-state index contributed by atoms with van der Waals surface area (Å²) in [5.74, 6) is 0. The molecule has 72 valence electrons. The fraction of sp³-hybridized carbons (Fsp3) is 0.111. The smallest absolute Gasteiger partial charge is 0.414 e.